The van der Waals surface area contributed by atoms with Crippen molar-refractivity contribution in [3.63, 3.8) is 0 Å². The van der Waals surface area contributed by atoms with Crippen LogP contribution in [-0.4, -0.2) is 24.6 Å². The first kappa shape index (κ1) is 15.2. The van der Waals surface area contributed by atoms with E-state index in [1.165, 1.54) is 6.20 Å². The maximum absolute atomic E-state index is 12.3. The summed E-state index contributed by atoms with van der Waals surface area (Å²) in [7, 11) is 1.57. The smallest absolute Gasteiger partial charge is 0.207 e. The highest BCUT2D eigenvalue weighted by Gasteiger charge is 2.10. The van der Waals surface area contributed by atoms with Gasteiger partial charge in [-0.3, -0.25) is 4.79 Å². The highest BCUT2D eigenvalue weighted by Crippen LogP contribution is 2.33. The Morgan fingerprint density at radius 1 is 1.22 bits per heavy atom. The number of H-pyrrole nitrogens is 1. The molecule has 0 fully saturated rings. The van der Waals surface area contributed by atoms with E-state index >= 15 is 0 Å². The van der Waals surface area contributed by atoms with Crippen molar-refractivity contribution in [2.75, 3.05) is 19.6 Å². The number of fused-ring (bicyclic) bond motifs is 2. The second-order valence-corrected chi connectivity index (χ2v) is 5.31. The van der Waals surface area contributed by atoms with Gasteiger partial charge in [0.1, 0.15) is 18.2 Å². The molecule has 0 saturated carbocycles. The molecule has 116 valence electrons. The number of halogens is 1. The lowest BCUT2D eigenvalue weighted by Gasteiger charge is -2.12. The number of benzene rings is 2. The molecule has 0 amide bonds. The molecular weight excluding hydrogens is 316 g/mol. The average Bonchev–Trinajstić information content (AvgIpc) is 2.58. The summed E-state index contributed by atoms with van der Waals surface area (Å²) in [6.07, 6.45) is 1.42. The van der Waals surface area contributed by atoms with Crippen LogP contribution in [-0.2, 0) is 0 Å². The Bertz CT molecular complexity index is 989. The summed E-state index contributed by atoms with van der Waals surface area (Å²) in [4.78, 5) is 15.2. The van der Waals surface area contributed by atoms with Crippen molar-refractivity contribution >= 4 is 33.3 Å². The van der Waals surface area contributed by atoms with E-state index in [4.69, 9.17) is 26.3 Å². The molecule has 5 nitrogen and oxygen atoms in total. The monoisotopic (exact) mass is 328 g/mol. The summed E-state index contributed by atoms with van der Waals surface area (Å²) >= 11 is 5.66. The average molecular weight is 329 g/mol. The highest BCUT2D eigenvalue weighted by molar-refractivity contribution is 6.18. The van der Waals surface area contributed by atoms with Crippen molar-refractivity contribution in [1.82, 2.24) is 4.98 Å². The van der Waals surface area contributed by atoms with Gasteiger partial charge in [-0.1, -0.05) is 0 Å². The Morgan fingerprint density at radius 2 is 1.96 bits per heavy atom. The van der Waals surface area contributed by atoms with E-state index in [0.29, 0.717) is 34.9 Å². The number of alkyl halides is 1. The predicted octanol–water partition coefficient (Wildman–Crippen LogP) is 3.18. The van der Waals surface area contributed by atoms with E-state index in [1.54, 1.807) is 19.2 Å². The Kier molecular flexibility index (Phi) is 4.09. The lowest BCUT2D eigenvalue weighted by atomic mass is 10.0. The molecule has 0 unspecified atom stereocenters. The lowest BCUT2D eigenvalue weighted by molar-refractivity contribution is 0.313. The highest BCUT2D eigenvalue weighted by atomic mass is 35.5. The number of nitrogens with one attached hydrogen (secondary N) is 1. The second-order valence-electron chi connectivity index (χ2n) is 4.93. The largest absolute Gasteiger partial charge is 0.493 e. The van der Waals surface area contributed by atoms with Gasteiger partial charge in [-0.15, -0.1) is 11.6 Å². The normalized spacial score (nSPS) is 10.7. The van der Waals surface area contributed by atoms with Crippen LogP contribution in [0.1, 0.15) is 5.56 Å². The summed E-state index contributed by atoms with van der Waals surface area (Å²) in [5.41, 5.74) is 0.462. The lowest BCUT2D eigenvalue weighted by Crippen LogP contribution is -2.07. The van der Waals surface area contributed by atoms with Gasteiger partial charge in [-0.05, 0) is 35.0 Å². The van der Waals surface area contributed by atoms with E-state index in [9.17, 15) is 4.79 Å². The first-order valence-corrected chi connectivity index (χ1v) is 7.47. The molecule has 1 aromatic heterocycles. The molecule has 6 heteroatoms. The molecule has 2 aromatic carbocycles. The predicted molar refractivity (Wildman–Crippen MR) is 89.6 cm³/mol. The maximum Gasteiger partial charge on any atom is 0.207 e. The number of hydrogen-bond donors (Lipinski definition) is 1. The Hall–Kier alpha value is -2.71. The van der Waals surface area contributed by atoms with Crippen LogP contribution in [0.5, 0.6) is 11.5 Å². The number of pyridine rings is 1. The standard InChI is InChI=1S/C17H13ClN2O3/c1-22-15-6-11-5-14-13(17(21)12(8-19)9-20-14)4-10(11)7-16(15)23-3-2-18/h4-7,9H,2-3H2,1H3,(H,20,21). The first-order valence-electron chi connectivity index (χ1n) is 6.94. The summed E-state index contributed by atoms with van der Waals surface area (Å²) in [5.74, 6) is 1.52. The van der Waals surface area contributed by atoms with Crippen LogP contribution in [0.4, 0.5) is 0 Å². The van der Waals surface area contributed by atoms with Crippen LogP contribution in [0.25, 0.3) is 21.7 Å². The number of aromatic amines is 1. The molecule has 0 aliphatic carbocycles. The number of hydrogen-bond acceptors (Lipinski definition) is 4. The molecule has 3 rings (SSSR count). The molecule has 0 bridgehead atoms. The van der Waals surface area contributed by atoms with Crippen molar-refractivity contribution in [3.8, 4) is 17.6 Å². The van der Waals surface area contributed by atoms with Crippen LogP contribution in [0.15, 0.2) is 35.3 Å². The number of nitriles is 1. The van der Waals surface area contributed by atoms with Crippen molar-refractivity contribution in [2.45, 2.75) is 0 Å². The Labute approximate surface area is 137 Å². The molecule has 0 aliphatic rings. The summed E-state index contributed by atoms with van der Waals surface area (Å²) in [6.45, 7) is 0.357. The van der Waals surface area contributed by atoms with Gasteiger partial charge >= 0.3 is 0 Å². The van der Waals surface area contributed by atoms with E-state index < -0.39 is 0 Å². The third-order valence-electron chi connectivity index (χ3n) is 3.58. The van der Waals surface area contributed by atoms with Crippen LogP contribution in [0.3, 0.4) is 0 Å². The van der Waals surface area contributed by atoms with E-state index in [2.05, 4.69) is 4.98 Å². The van der Waals surface area contributed by atoms with Crippen LogP contribution in [0.2, 0.25) is 0 Å². The summed E-state index contributed by atoms with van der Waals surface area (Å²) in [6, 6.07) is 9.13. The zero-order valence-electron chi connectivity index (χ0n) is 12.4. The first-order chi connectivity index (χ1) is 11.2. The molecule has 0 spiro atoms. The fourth-order valence-electron chi connectivity index (χ4n) is 2.48. The van der Waals surface area contributed by atoms with E-state index in [1.807, 2.05) is 18.2 Å². The van der Waals surface area contributed by atoms with E-state index in [0.717, 1.165) is 10.8 Å². The number of aromatic nitrogens is 1. The zero-order chi connectivity index (χ0) is 16.4. The van der Waals surface area contributed by atoms with Gasteiger partial charge in [0.15, 0.2) is 11.5 Å². The minimum absolute atomic E-state index is 0.0870. The molecular formula is C17H13ClN2O3. The maximum atomic E-state index is 12.3. The van der Waals surface area contributed by atoms with Gasteiger partial charge in [0.2, 0.25) is 5.43 Å². The summed E-state index contributed by atoms with van der Waals surface area (Å²) < 4.78 is 10.9. The molecule has 23 heavy (non-hydrogen) atoms. The molecule has 0 radical (unpaired) electrons. The molecule has 0 saturated heterocycles. The number of rotatable bonds is 4. The fraction of sp³-hybridized carbons (Fsp3) is 0.176. The SMILES string of the molecule is COc1cc2cc3[nH]cc(C#N)c(=O)c3cc2cc1OCCCl. The minimum Gasteiger partial charge on any atom is -0.493 e. The van der Waals surface area contributed by atoms with Crippen LogP contribution in [0, 0.1) is 11.3 Å². The van der Waals surface area contributed by atoms with Gasteiger partial charge in [0, 0.05) is 17.1 Å². The van der Waals surface area contributed by atoms with Crippen molar-refractivity contribution in [1.29, 1.82) is 5.26 Å². The van der Waals surface area contributed by atoms with Crippen LogP contribution < -0.4 is 14.9 Å². The van der Waals surface area contributed by atoms with Crippen molar-refractivity contribution in [2.24, 2.45) is 0 Å². The molecule has 0 atom stereocenters. The second kappa shape index (κ2) is 6.19. The molecule has 1 heterocycles. The van der Waals surface area contributed by atoms with Gasteiger partial charge in [0.05, 0.1) is 13.0 Å². The van der Waals surface area contributed by atoms with Crippen molar-refractivity contribution in [3.05, 3.63) is 46.2 Å². The topological polar surface area (TPSA) is 75.1 Å². The summed E-state index contributed by atoms with van der Waals surface area (Å²) in [5, 5.41) is 11.2. The van der Waals surface area contributed by atoms with Gasteiger partial charge in [-0.25, -0.2) is 0 Å². The number of nitrogens with zero attached hydrogens (tertiary/aromatic N) is 1. The van der Waals surface area contributed by atoms with E-state index in [-0.39, 0.29) is 11.0 Å². The fourth-order valence-corrected chi connectivity index (χ4v) is 2.56. The zero-order valence-corrected chi connectivity index (χ0v) is 13.1. The number of ether oxygens (including phenoxy) is 2. The Balaban J connectivity index is 2.27. The van der Waals surface area contributed by atoms with Gasteiger partial charge in [0.25, 0.3) is 0 Å². The third kappa shape index (κ3) is 2.69. The molecule has 1 N–H and O–H groups in total. The Morgan fingerprint density at radius 3 is 2.65 bits per heavy atom. The quantitative estimate of drug-likeness (QED) is 0.589. The third-order valence-corrected chi connectivity index (χ3v) is 3.73. The van der Waals surface area contributed by atoms with Gasteiger partial charge in [-0.2, -0.15) is 5.26 Å². The molecule has 0 aliphatic heterocycles. The van der Waals surface area contributed by atoms with Crippen molar-refractivity contribution < 1.29 is 9.47 Å². The minimum atomic E-state index is -0.290. The number of methoxy groups -OCH3 is 1. The van der Waals surface area contributed by atoms with Crippen LogP contribution >= 0.6 is 11.6 Å². The van der Waals surface area contributed by atoms with Gasteiger partial charge < -0.3 is 14.5 Å². The molecule has 3 aromatic rings.